The maximum absolute atomic E-state index is 5.99. The second-order valence-corrected chi connectivity index (χ2v) is 8.26. The lowest BCUT2D eigenvalue weighted by Gasteiger charge is -2.50. The lowest BCUT2D eigenvalue weighted by molar-refractivity contribution is 0.0121. The Labute approximate surface area is 133 Å². The van der Waals surface area contributed by atoms with Crippen molar-refractivity contribution in [1.82, 2.24) is 0 Å². The lowest BCUT2D eigenvalue weighted by atomic mass is 9.54. The smallest absolute Gasteiger partial charge is 0.119 e. The number of benzene rings is 1. The highest BCUT2D eigenvalue weighted by atomic mass is 16.6. The Kier molecular flexibility index (Phi) is 2.61. The van der Waals surface area contributed by atoms with Gasteiger partial charge < -0.3 is 9.47 Å². The van der Waals surface area contributed by atoms with Gasteiger partial charge in [-0.05, 0) is 79.5 Å². The van der Waals surface area contributed by atoms with Crippen LogP contribution in [0.5, 0.6) is 5.75 Å². The highest BCUT2D eigenvalue weighted by Crippen LogP contribution is 2.68. The molecule has 0 bridgehead atoms. The van der Waals surface area contributed by atoms with Crippen molar-refractivity contribution in [1.29, 1.82) is 0 Å². The Morgan fingerprint density at radius 3 is 2.82 bits per heavy atom. The molecule has 0 N–H and O–H groups in total. The van der Waals surface area contributed by atoms with Crippen LogP contribution in [0.1, 0.15) is 56.1 Å². The Hall–Kier alpha value is -1.02. The fourth-order valence-corrected chi connectivity index (χ4v) is 6.34. The van der Waals surface area contributed by atoms with Gasteiger partial charge in [0.15, 0.2) is 0 Å². The van der Waals surface area contributed by atoms with Gasteiger partial charge in [-0.1, -0.05) is 13.0 Å². The van der Waals surface area contributed by atoms with Crippen LogP contribution in [0.15, 0.2) is 18.2 Å². The highest BCUT2D eigenvalue weighted by molar-refractivity contribution is 5.41. The maximum atomic E-state index is 5.99. The minimum Gasteiger partial charge on any atom is -0.497 e. The quantitative estimate of drug-likeness (QED) is 0.720. The van der Waals surface area contributed by atoms with Gasteiger partial charge in [0.2, 0.25) is 0 Å². The van der Waals surface area contributed by atoms with Crippen LogP contribution < -0.4 is 4.74 Å². The van der Waals surface area contributed by atoms with Crippen molar-refractivity contribution < 1.29 is 9.47 Å². The number of methoxy groups -OCH3 is 1. The van der Waals surface area contributed by atoms with Gasteiger partial charge in [0.05, 0.1) is 19.3 Å². The first-order chi connectivity index (χ1) is 10.7. The summed E-state index contributed by atoms with van der Waals surface area (Å²) in [6.07, 6.45) is 8.00. The second kappa shape index (κ2) is 4.29. The standard InChI is InChI=1S/C20H26O2/c1-19-9-7-16-15-6-4-14(21-2)11-13(15)3-5-17(16)18(19)8-10-20(19)12-22-20/h4,6,11,16-18H,3,5,7-10,12H2,1-2H3/t16-,17-,18+,19+,20-/m1/s1. The molecule has 4 aliphatic rings. The van der Waals surface area contributed by atoms with Crippen molar-refractivity contribution in [3.8, 4) is 5.75 Å². The number of epoxide rings is 1. The van der Waals surface area contributed by atoms with Gasteiger partial charge in [0.1, 0.15) is 5.75 Å². The van der Waals surface area contributed by atoms with Gasteiger partial charge >= 0.3 is 0 Å². The fourth-order valence-electron chi connectivity index (χ4n) is 6.34. The summed E-state index contributed by atoms with van der Waals surface area (Å²) in [5.74, 6) is 3.55. The molecule has 1 aliphatic heterocycles. The van der Waals surface area contributed by atoms with Crippen LogP contribution in [0.3, 0.4) is 0 Å². The number of hydrogen-bond donors (Lipinski definition) is 0. The predicted octanol–water partition coefficient (Wildman–Crippen LogP) is 4.32. The van der Waals surface area contributed by atoms with E-state index in [0.29, 0.717) is 5.41 Å². The van der Waals surface area contributed by atoms with E-state index in [1.807, 2.05) is 0 Å². The molecule has 22 heavy (non-hydrogen) atoms. The van der Waals surface area contributed by atoms with Crippen LogP contribution in [0.4, 0.5) is 0 Å². The van der Waals surface area contributed by atoms with E-state index in [9.17, 15) is 0 Å². The molecule has 0 amide bonds. The largest absolute Gasteiger partial charge is 0.497 e. The van der Waals surface area contributed by atoms with Gasteiger partial charge in [0.25, 0.3) is 0 Å². The molecule has 3 aliphatic carbocycles. The SMILES string of the molecule is COc1ccc2c(c1)CC[C@@H]1[C@@H]2CC[C@@]2(C)[C@H]1CC[C@@]21CO1. The van der Waals surface area contributed by atoms with Crippen LogP contribution >= 0.6 is 0 Å². The summed E-state index contributed by atoms with van der Waals surface area (Å²) in [5.41, 5.74) is 3.90. The lowest BCUT2D eigenvalue weighted by Crippen LogP contribution is -2.45. The van der Waals surface area contributed by atoms with E-state index in [1.165, 1.54) is 38.5 Å². The number of fused-ring (bicyclic) bond motifs is 6. The first-order valence-electron chi connectivity index (χ1n) is 8.98. The average Bonchev–Trinajstić information content (AvgIpc) is 3.28. The van der Waals surface area contributed by atoms with E-state index in [1.54, 1.807) is 18.2 Å². The second-order valence-electron chi connectivity index (χ2n) is 8.26. The van der Waals surface area contributed by atoms with Crippen LogP contribution in [-0.2, 0) is 11.2 Å². The molecule has 0 unspecified atom stereocenters. The van der Waals surface area contributed by atoms with Crippen LogP contribution in [0, 0.1) is 17.3 Å². The molecule has 1 aromatic rings. The molecule has 3 fully saturated rings. The summed E-state index contributed by atoms with van der Waals surface area (Å²) < 4.78 is 11.4. The Morgan fingerprint density at radius 2 is 2.05 bits per heavy atom. The van der Waals surface area contributed by atoms with Crippen molar-refractivity contribution in [3.63, 3.8) is 0 Å². The summed E-state index contributed by atoms with van der Waals surface area (Å²) >= 11 is 0. The normalized spacial score (nSPS) is 45.1. The van der Waals surface area contributed by atoms with Crippen molar-refractivity contribution in [2.75, 3.05) is 13.7 Å². The van der Waals surface area contributed by atoms with Gasteiger partial charge in [-0.3, -0.25) is 0 Å². The molecule has 0 aromatic heterocycles. The van der Waals surface area contributed by atoms with Crippen molar-refractivity contribution >= 4 is 0 Å². The summed E-state index contributed by atoms with van der Waals surface area (Å²) in [4.78, 5) is 0. The van der Waals surface area contributed by atoms with E-state index in [-0.39, 0.29) is 5.60 Å². The molecule has 1 saturated heterocycles. The topological polar surface area (TPSA) is 21.8 Å². The molecule has 2 saturated carbocycles. The Bertz CT molecular complexity index is 618. The van der Waals surface area contributed by atoms with Crippen molar-refractivity contribution in [2.24, 2.45) is 17.3 Å². The highest BCUT2D eigenvalue weighted by Gasteiger charge is 2.68. The van der Waals surface area contributed by atoms with Gasteiger partial charge in [0, 0.05) is 5.41 Å². The van der Waals surface area contributed by atoms with Gasteiger partial charge in [-0.25, -0.2) is 0 Å². The molecular weight excluding hydrogens is 272 g/mol. The van der Waals surface area contributed by atoms with E-state index < -0.39 is 0 Å². The molecule has 2 nitrogen and oxygen atoms in total. The molecule has 2 heteroatoms. The zero-order valence-electron chi connectivity index (χ0n) is 13.7. The zero-order valence-corrected chi connectivity index (χ0v) is 13.7. The van der Waals surface area contributed by atoms with Gasteiger partial charge in [-0.2, -0.15) is 0 Å². The van der Waals surface area contributed by atoms with E-state index >= 15 is 0 Å². The van der Waals surface area contributed by atoms with Crippen molar-refractivity contribution in [3.05, 3.63) is 29.3 Å². The molecule has 1 spiro atoms. The minimum absolute atomic E-state index is 0.281. The molecular formula is C20H26O2. The van der Waals surface area contributed by atoms with E-state index in [2.05, 4.69) is 25.1 Å². The first kappa shape index (κ1) is 13.4. The third-order valence-corrected chi connectivity index (χ3v) is 7.72. The zero-order chi connectivity index (χ0) is 14.9. The molecule has 1 heterocycles. The van der Waals surface area contributed by atoms with E-state index in [4.69, 9.17) is 9.47 Å². The molecule has 1 aromatic carbocycles. The average molecular weight is 298 g/mol. The molecule has 0 radical (unpaired) electrons. The molecule has 118 valence electrons. The van der Waals surface area contributed by atoms with E-state index in [0.717, 1.165) is 30.1 Å². The third kappa shape index (κ3) is 1.55. The van der Waals surface area contributed by atoms with Crippen molar-refractivity contribution in [2.45, 2.75) is 57.0 Å². The predicted molar refractivity (Wildman–Crippen MR) is 86.3 cm³/mol. The third-order valence-electron chi connectivity index (χ3n) is 7.72. The first-order valence-corrected chi connectivity index (χ1v) is 8.98. The Morgan fingerprint density at radius 1 is 1.18 bits per heavy atom. The summed E-state index contributed by atoms with van der Waals surface area (Å²) in [7, 11) is 1.77. The Balaban J connectivity index is 1.51. The number of hydrogen-bond acceptors (Lipinski definition) is 2. The molecule has 5 atom stereocenters. The number of ether oxygens (including phenoxy) is 2. The minimum atomic E-state index is 0.281. The van der Waals surface area contributed by atoms with Gasteiger partial charge in [-0.15, -0.1) is 0 Å². The number of rotatable bonds is 1. The summed E-state index contributed by atoms with van der Waals surface area (Å²) in [6, 6.07) is 6.79. The van der Waals surface area contributed by atoms with Crippen LogP contribution in [0.25, 0.3) is 0 Å². The monoisotopic (exact) mass is 298 g/mol. The van der Waals surface area contributed by atoms with Crippen LogP contribution in [0.2, 0.25) is 0 Å². The maximum Gasteiger partial charge on any atom is 0.119 e. The van der Waals surface area contributed by atoms with Crippen LogP contribution in [-0.4, -0.2) is 19.3 Å². The summed E-state index contributed by atoms with van der Waals surface area (Å²) in [5, 5.41) is 0. The number of aryl methyl sites for hydroxylation is 1. The fraction of sp³-hybridized carbons (Fsp3) is 0.700. The summed E-state index contributed by atoms with van der Waals surface area (Å²) in [6.45, 7) is 3.57. The molecule has 5 rings (SSSR count).